The van der Waals surface area contributed by atoms with Gasteiger partial charge >= 0.3 is 0 Å². The van der Waals surface area contributed by atoms with Crippen molar-refractivity contribution in [2.24, 2.45) is 5.73 Å². The first-order valence-electron chi connectivity index (χ1n) is 7.35. The number of sulfonamides is 1. The molecule has 112 valence electrons. The summed E-state index contributed by atoms with van der Waals surface area (Å²) >= 11 is 0. The van der Waals surface area contributed by atoms with E-state index >= 15 is 0 Å². The summed E-state index contributed by atoms with van der Waals surface area (Å²) in [5.41, 5.74) is 6.44. The zero-order chi connectivity index (χ0) is 14.6. The van der Waals surface area contributed by atoms with E-state index in [0.717, 1.165) is 31.2 Å². The van der Waals surface area contributed by atoms with Gasteiger partial charge in [0.2, 0.25) is 10.0 Å². The summed E-state index contributed by atoms with van der Waals surface area (Å²) in [5, 5.41) is 0. The van der Waals surface area contributed by atoms with Gasteiger partial charge in [-0.1, -0.05) is 37.5 Å². The van der Waals surface area contributed by atoms with Crippen molar-refractivity contribution in [2.45, 2.75) is 50.0 Å². The van der Waals surface area contributed by atoms with Crippen molar-refractivity contribution in [2.75, 3.05) is 13.1 Å². The van der Waals surface area contributed by atoms with Crippen LogP contribution in [-0.2, 0) is 10.0 Å². The predicted octanol–water partition coefficient (Wildman–Crippen LogP) is 2.28. The first kappa shape index (κ1) is 15.5. The quantitative estimate of drug-likeness (QED) is 0.906. The van der Waals surface area contributed by atoms with Crippen LogP contribution in [0.15, 0.2) is 29.2 Å². The van der Waals surface area contributed by atoms with E-state index in [0.29, 0.717) is 18.0 Å². The Morgan fingerprint density at radius 2 is 1.85 bits per heavy atom. The third-order valence-electron chi connectivity index (χ3n) is 4.01. The molecule has 0 aromatic heterocycles. The lowest BCUT2D eigenvalue weighted by atomic mass is 9.95. The maximum atomic E-state index is 12.9. The van der Waals surface area contributed by atoms with Gasteiger partial charge in [0, 0.05) is 19.1 Å². The van der Waals surface area contributed by atoms with Crippen molar-refractivity contribution in [3.63, 3.8) is 0 Å². The molecule has 0 heterocycles. The number of hydrogen-bond donors (Lipinski definition) is 1. The Kier molecular flexibility index (Phi) is 5.18. The molecule has 0 amide bonds. The van der Waals surface area contributed by atoms with E-state index in [1.807, 2.05) is 19.1 Å². The summed E-state index contributed by atoms with van der Waals surface area (Å²) in [5.74, 6) is 0. The Hall–Kier alpha value is -0.910. The van der Waals surface area contributed by atoms with E-state index in [-0.39, 0.29) is 6.04 Å². The van der Waals surface area contributed by atoms with Gasteiger partial charge in [0.15, 0.2) is 0 Å². The van der Waals surface area contributed by atoms with Gasteiger partial charge in [-0.15, -0.1) is 0 Å². The number of rotatable bonds is 5. The van der Waals surface area contributed by atoms with Crippen LogP contribution >= 0.6 is 0 Å². The number of nitrogens with zero attached hydrogens (tertiary/aromatic N) is 1. The fourth-order valence-electron chi connectivity index (χ4n) is 2.97. The smallest absolute Gasteiger partial charge is 0.243 e. The minimum Gasteiger partial charge on any atom is -0.329 e. The molecule has 0 radical (unpaired) electrons. The minimum atomic E-state index is -3.44. The fraction of sp³-hybridized carbons (Fsp3) is 0.600. The molecule has 0 unspecified atom stereocenters. The van der Waals surface area contributed by atoms with Crippen molar-refractivity contribution in [1.29, 1.82) is 0 Å². The third kappa shape index (κ3) is 3.22. The molecular weight excluding hydrogens is 272 g/mol. The van der Waals surface area contributed by atoms with Crippen LogP contribution in [-0.4, -0.2) is 31.9 Å². The molecule has 20 heavy (non-hydrogen) atoms. The molecular formula is C15H24N2O2S. The molecule has 4 nitrogen and oxygen atoms in total. The molecule has 0 saturated heterocycles. The van der Waals surface area contributed by atoms with E-state index < -0.39 is 10.0 Å². The molecule has 2 rings (SSSR count). The summed E-state index contributed by atoms with van der Waals surface area (Å²) in [6.07, 6.45) is 5.32. The Balaban J connectivity index is 2.34. The van der Waals surface area contributed by atoms with Crippen LogP contribution in [0.2, 0.25) is 0 Å². The van der Waals surface area contributed by atoms with E-state index in [4.69, 9.17) is 5.73 Å². The minimum absolute atomic E-state index is 0.108. The van der Waals surface area contributed by atoms with Crippen LogP contribution in [0, 0.1) is 6.92 Å². The summed E-state index contributed by atoms with van der Waals surface area (Å²) in [7, 11) is -3.44. The van der Waals surface area contributed by atoms with Crippen molar-refractivity contribution in [1.82, 2.24) is 4.31 Å². The van der Waals surface area contributed by atoms with Crippen LogP contribution < -0.4 is 5.73 Å². The predicted molar refractivity (Wildman–Crippen MR) is 81.0 cm³/mol. The van der Waals surface area contributed by atoms with E-state index in [1.165, 1.54) is 6.42 Å². The first-order chi connectivity index (χ1) is 9.57. The van der Waals surface area contributed by atoms with Crippen molar-refractivity contribution in [3.8, 4) is 0 Å². The molecule has 1 aromatic carbocycles. The molecule has 0 bridgehead atoms. The Bertz CT molecular complexity index is 537. The molecule has 1 aliphatic carbocycles. The molecule has 0 aliphatic heterocycles. The Morgan fingerprint density at radius 1 is 1.20 bits per heavy atom. The first-order valence-corrected chi connectivity index (χ1v) is 8.79. The second kappa shape index (κ2) is 6.70. The van der Waals surface area contributed by atoms with Gasteiger partial charge in [-0.05, 0) is 31.4 Å². The second-order valence-electron chi connectivity index (χ2n) is 5.46. The maximum absolute atomic E-state index is 12.9. The third-order valence-corrected chi connectivity index (χ3v) is 6.12. The largest absolute Gasteiger partial charge is 0.329 e. The van der Waals surface area contributed by atoms with Crippen LogP contribution in [0.25, 0.3) is 0 Å². The molecule has 1 saturated carbocycles. The molecule has 2 N–H and O–H groups in total. The molecule has 5 heteroatoms. The van der Waals surface area contributed by atoms with Gasteiger partial charge < -0.3 is 5.73 Å². The average molecular weight is 296 g/mol. The van der Waals surface area contributed by atoms with Gasteiger partial charge in [-0.3, -0.25) is 0 Å². The van der Waals surface area contributed by atoms with Crippen LogP contribution in [0.4, 0.5) is 0 Å². The Labute approximate surface area is 122 Å². The van der Waals surface area contributed by atoms with Gasteiger partial charge in [0.1, 0.15) is 0 Å². The summed E-state index contributed by atoms with van der Waals surface area (Å²) in [4.78, 5) is 0.416. The number of nitrogens with two attached hydrogens (primary N) is 1. The standard InChI is InChI=1S/C15H24N2O2S/c1-13-7-5-6-10-15(13)20(18,19)17(12-11-16)14-8-3-2-4-9-14/h5-7,10,14H,2-4,8-9,11-12,16H2,1H3. The lowest BCUT2D eigenvalue weighted by Crippen LogP contribution is -2.44. The number of benzene rings is 1. The lowest BCUT2D eigenvalue weighted by Gasteiger charge is -2.33. The monoisotopic (exact) mass is 296 g/mol. The van der Waals surface area contributed by atoms with Crippen molar-refractivity contribution in [3.05, 3.63) is 29.8 Å². The zero-order valence-corrected chi connectivity index (χ0v) is 12.9. The summed E-state index contributed by atoms with van der Waals surface area (Å²) in [6, 6.07) is 7.28. The van der Waals surface area contributed by atoms with Crippen molar-refractivity contribution < 1.29 is 8.42 Å². The molecule has 0 atom stereocenters. The summed E-state index contributed by atoms with van der Waals surface area (Å²) in [6.45, 7) is 2.61. The highest BCUT2D eigenvalue weighted by Crippen LogP contribution is 2.28. The summed E-state index contributed by atoms with van der Waals surface area (Å²) < 4.78 is 27.5. The van der Waals surface area contributed by atoms with Gasteiger partial charge in [0.25, 0.3) is 0 Å². The number of hydrogen-bond acceptors (Lipinski definition) is 3. The number of aryl methyl sites for hydroxylation is 1. The molecule has 0 spiro atoms. The van der Waals surface area contributed by atoms with Crippen LogP contribution in [0.1, 0.15) is 37.7 Å². The van der Waals surface area contributed by atoms with E-state index in [9.17, 15) is 8.42 Å². The molecule has 1 aromatic rings. The van der Waals surface area contributed by atoms with Crippen LogP contribution in [0.5, 0.6) is 0 Å². The molecule has 1 fully saturated rings. The van der Waals surface area contributed by atoms with Gasteiger partial charge in [-0.2, -0.15) is 4.31 Å². The van der Waals surface area contributed by atoms with Crippen LogP contribution in [0.3, 0.4) is 0 Å². The Morgan fingerprint density at radius 3 is 2.45 bits per heavy atom. The highest BCUT2D eigenvalue weighted by atomic mass is 32.2. The van der Waals surface area contributed by atoms with Crippen molar-refractivity contribution >= 4 is 10.0 Å². The lowest BCUT2D eigenvalue weighted by molar-refractivity contribution is 0.257. The van der Waals surface area contributed by atoms with E-state index in [2.05, 4.69) is 0 Å². The highest BCUT2D eigenvalue weighted by Gasteiger charge is 2.32. The molecule has 1 aliphatic rings. The highest BCUT2D eigenvalue weighted by molar-refractivity contribution is 7.89. The second-order valence-corrected chi connectivity index (χ2v) is 7.32. The normalized spacial score (nSPS) is 17.6. The average Bonchev–Trinajstić information content (AvgIpc) is 2.45. The topological polar surface area (TPSA) is 63.4 Å². The zero-order valence-electron chi connectivity index (χ0n) is 12.1. The maximum Gasteiger partial charge on any atom is 0.243 e. The SMILES string of the molecule is Cc1ccccc1S(=O)(=O)N(CCN)C1CCCCC1. The van der Waals surface area contributed by atoms with E-state index in [1.54, 1.807) is 16.4 Å². The fourth-order valence-corrected chi connectivity index (χ4v) is 4.89. The van der Waals surface area contributed by atoms with Gasteiger partial charge in [-0.25, -0.2) is 8.42 Å². The van der Waals surface area contributed by atoms with Gasteiger partial charge in [0.05, 0.1) is 4.90 Å².